The monoisotopic (exact) mass is 222 g/mol. The van der Waals surface area contributed by atoms with Crippen LogP contribution in [-0.4, -0.2) is 20.6 Å². The zero-order valence-electron chi connectivity index (χ0n) is 11.0. The van der Waals surface area contributed by atoms with Gasteiger partial charge in [0, 0.05) is 13.5 Å². The van der Waals surface area contributed by atoms with Crippen molar-refractivity contribution in [3.05, 3.63) is 11.8 Å². The summed E-state index contributed by atoms with van der Waals surface area (Å²) in [4.78, 5) is 0. The van der Waals surface area contributed by atoms with Crippen LogP contribution in [-0.2, 0) is 9.39 Å². The van der Waals surface area contributed by atoms with Crippen LogP contribution in [0.25, 0.3) is 0 Å². The van der Waals surface area contributed by atoms with E-state index in [2.05, 4.69) is 26.8 Å². The average molecular weight is 222 g/mol. The van der Waals surface area contributed by atoms with E-state index in [1.54, 1.807) is 0 Å². The van der Waals surface area contributed by atoms with Gasteiger partial charge in [-0.2, -0.15) is 0 Å². The Morgan fingerprint density at radius 1 is 1.38 bits per heavy atom. The first-order chi connectivity index (χ1) is 7.49. The molecule has 2 unspecified atom stereocenters. The molecule has 1 saturated heterocycles. The molecule has 2 aliphatic rings. The van der Waals surface area contributed by atoms with Crippen molar-refractivity contribution in [3.63, 3.8) is 0 Å². The van der Waals surface area contributed by atoms with Crippen LogP contribution in [0.4, 0.5) is 0 Å². The average Bonchev–Trinajstić information content (AvgIpc) is 2.13. The lowest BCUT2D eigenvalue weighted by Gasteiger charge is -2.49. The Balaban J connectivity index is 2.23. The Kier molecular flexibility index (Phi) is 3.08. The maximum Gasteiger partial charge on any atom is 0.294 e. The predicted octanol–water partition coefficient (Wildman–Crippen LogP) is 3.36. The molecule has 0 N–H and O–H groups in total. The third kappa shape index (κ3) is 2.29. The van der Waals surface area contributed by atoms with E-state index in [4.69, 9.17) is 9.39 Å². The zero-order chi connectivity index (χ0) is 11.8. The first kappa shape index (κ1) is 12.0. The third-order valence-electron chi connectivity index (χ3n) is 4.02. The van der Waals surface area contributed by atoms with Crippen molar-refractivity contribution in [2.75, 3.05) is 13.7 Å². The summed E-state index contributed by atoms with van der Waals surface area (Å²) in [7, 11) is 1.84. The van der Waals surface area contributed by atoms with E-state index in [1.807, 2.05) is 7.11 Å². The highest BCUT2D eigenvalue weighted by atomic mass is 16.5. The summed E-state index contributed by atoms with van der Waals surface area (Å²) >= 11 is 0. The second kappa shape index (κ2) is 4.10. The third-order valence-corrected chi connectivity index (χ3v) is 4.02. The summed E-state index contributed by atoms with van der Waals surface area (Å²) < 4.78 is 11.3. The molecule has 1 aliphatic carbocycles. The van der Waals surface area contributed by atoms with Crippen molar-refractivity contribution in [2.24, 2.45) is 10.8 Å². The summed E-state index contributed by atoms with van der Waals surface area (Å²) in [6.45, 7) is 7.99. The van der Waals surface area contributed by atoms with Crippen molar-refractivity contribution < 1.29 is 9.39 Å². The van der Waals surface area contributed by atoms with Gasteiger partial charge < -0.3 is 9.39 Å². The maximum absolute atomic E-state index is 5.74. The molecule has 2 rings (SSSR count). The van der Waals surface area contributed by atoms with Gasteiger partial charge in [-0.1, -0.05) is 13.8 Å². The van der Waals surface area contributed by atoms with Crippen LogP contribution in [0, 0.1) is 10.8 Å². The van der Waals surface area contributed by atoms with Gasteiger partial charge in [-0.05, 0) is 42.9 Å². The minimum Gasteiger partial charge on any atom is -0.499 e. The maximum atomic E-state index is 5.74. The van der Waals surface area contributed by atoms with E-state index < -0.39 is 0 Å². The van der Waals surface area contributed by atoms with Crippen LogP contribution in [0.3, 0.4) is 0 Å². The van der Waals surface area contributed by atoms with Crippen LogP contribution in [0.15, 0.2) is 11.8 Å². The SMILES string of the molecule is CCOC1=CC2(C)CB(OC)CC(C)(C1)C2. The summed E-state index contributed by atoms with van der Waals surface area (Å²) in [5, 5.41) is 0. The first-order valence-electron chi connectivity index (χ1n) is 6.36. The topological polar surface area (TPSA) is 18.5 Å². The first-order valence-corrected chi connectivity index (χ1v) is 6.36. The molecular weight excluding hydrogens is 199 g/mol. The molecule has 2 nitrogen and oxygen atoms in total. The van der Waals surface area contributed by atoms with Gasteiger partial charge in [0.1, 0.15) is 0 Å². The van der Waals surface area contributed by atoms with Crippen LogP contribution in [0.2, 0.25) is 12.6 Å². The molecule has 1 heterocycles. The van der Waals surface area contributed by atoms with Crippen molar-refractivity contribution in [2.45, 2.75) is 46.3 Å². The number of rotatable bonds is 3. The minimum atomic E-state index is 0.274. The molecule has 2 atom stereocenters. The quantitative estimate of drug-likeness (QED) is 0.681. The summed E-state index contributed by atoms with van der Waals surface area (Å²) in [5.74, 6) is 1.20. The van der Waals surface area contributed by atoms with Gasteiger partial charge in [-0.25, -0.2) is 0 Å². The van der Waals surface area contributed by atoms with Crippen molar-refractivity contribution >= 4 is 6.92 Å². The molecule has 0 amide bonds. The van der Waals surface area contributed by atoms with Gasteiger partial charge in [0.15, 0.2) is 0 Å². The van der Waals surface area contributed by atoms with E-state index in [0.717, 1.165) is 19.3 Å². The molecule has 2 bridgehead atoms. The molecule has 1 aliphatic heterocycles. The molecule has 0 radical (unpaired) electrons. The van der Waals surface area contributed by atoms with E-state index >= 15 is 0 Å². The van der Waals surface area contributed by atoms with E-state index in [-0.39, 0.29) is 5.41 Å². The molecule has 16 heavy (non-hydrogen) atoms. The molecule has 3 heteroatoms. The summed E-state index contributed by atoms with van der Waals surface area (Å²) in [5.41, 5.74) is 0.642. The fourth-order valence-corrected chi connectivity index (χ4v) is 3.81. The molecule has 1 fully saturated rings. The Morgan fingerprint density at radius 2 is 2.12 bits per heavy atom. The number of allylic oxidation sites excluding steroid dienone is 2. The second-order valence-electron chi connectivity index (χ2n) is 6.13. The smallest absolute Gasteiger partial charge is 0.294 e. The highest BCUT2D eigenvalue weighted by molar-refractivity contribution is 6.52. The highest BCUT2D eigenvalue weighted by Crippen LogP contribution is 2.54. The molecule has 0 aromatic rings. The van der Waals surface area contributed by atoms with Crippen LogP contribution in [0.5, 0.6) is 0 Å². The van der Waals surface area contributed by atoms with Crippen molar-refractivity contribution in [1.29, 1.82) is 0 Å². The predicted molar refractivity (Wildman–Crippen MR) is 67.5 cm³/mol. The van der Waals surface area contributed by atoms with Crippen LogP contribution < -0.4 is 0 Å². The Morgan fingerprint density at radius 3 is 2.69 bits per heavy atom. The van der Waals surface area contributed by atoms with E-state index in [1.165, 1.54) is 18.5 Å². The van der Waals surface area contributed by atoms with Crippen LogP contribution in [0.1, 0.15) is 33.6 Å². The van der Waals surface area contributed by atoms with Gasteiger partial charge in [0.25, 0.3) is 6.92 Å². The number of hydrogen-bond donors (Lipinski definition) is 0. The Hall–Kier alpha value is -0.435. The van der Waals surface area contributed by atoms with Gasteiger partial charge in [0.05, 0.1) is 12.4 Å². The standard InChI is InChI=1S/C13H23BO2/c1-5-16-11-6-12(2)8-13(3,7-11)10-14(9-12)15-4/h6H,5,7-10H2,1-4H3. The molecular formula is C13H23BO2. The lowest BCUT2D eigenvalue weighted by molar-refractivity contribution is 0.114. The van der Waals surface area contributed by atoms with Gasteiger partial charge in [-0.15, -0.1) is 0 Å². The van der Waals surface area contributed by atoms with Gasteiger partial charge in [-0.3, -0.25) is 0 Å². The molecule has 0 saturated carbocycles. The zero-order valence-corrected chi connectivity index (χ0v) is 11.0. The number of fused-ring (bicyclic) bond motifs is 2. The fraction of sp³-hybridized carbons (Fsp3) is 0.846. The molecule has 0 aromatic heterocycles. The van der Waals surface area contributed by atoms with Gasteiger partial charge >= 0.3 is 0 Å². The lowest BCUT2D eigenvalue weighted by atomic mass is 9.40. The summed E-state index contributed by atoms with van der Waals surface area (Å²) in [6.07, 6.45) is 7.01. The summed E-state index contributed by atoms with van der Waals surface area (Å²) in [6, 6.07) is 0. The van der Waals surface area contributed by atoms with Gasteiger partial charge in [0.2, 0.25) is 0 Å². The Labute approximate surface area is 99.5 Å². The Bertz CT molecular complexity index is 302. The lowest BCUT2D eigenvalue weighted by Crippen LogP contribution is -2.44. The highest BCUT2D eigenvalue weighted by Gasteiger charge is 2.48. The fourth-order valence-electron chi connectivity index (χ4n) is 3.81. The molecule has 90 valence electrons. The van der Waals surface area contributed by atoms with E-state index in [9.17, 15) is 0 Å². The normalized spacial score (nSPS) is 38.2. The van der Waals surface area contributed by atoms with Crippen molar-refractivity contribution in [3.8, 4) is 0 Å². The number of hydrogen-bond acceptors (Lipinski definition) is 2. The molecule has 0 spiro atoms. The van der Waals surface area contributed by atoms with Crippen molar-refractivity contribution in [1.82, 2.24) is 0 Å². The minimum absolute atomic E-state index is 0.274. The number of ether oxygens (including phenoxy) is 1. The molecule has 0 aromatic carbocycles. The van der Waals surface area contributed by atoms with Crippen LogP contribution >= 0.6 is 0 Å². The second-order valence-corrected chi connectivity index (χ2v) is 6.13. The largest absolute Gasteiger partial charge is 0.499 e. The van der Waals surface area contributed by atoms with E-state index in [0.29, 0.717) is 12.3 Å².